The molecular weight excluding hydrogens is 225 g/mol. The lowest BCUT2D eigenvalue weighted by molar-refractivity contribution is 0.442. The second-order valence-corrected chi connectivity index (χ2v) is 5.43. The van der Waals surface area contributed by atoms with Crippen LogP contribution in [-0.4, -0.2) is 7.05 Å². The van der Waals surface area contributed by atoms with Gasteiger partial charge in [0.05, 0.1) is 0 Å². The van der Waals surface area contributed by atoms with E-state index in [1.54, 1.807) is 6.07 Å². The summed E-state index contributed by atoms with van der Waals surface area (Å²) in [6, 6.07) is 5.59. The van der Waals surface area contributed by atoms with Crippen LogP contribution in [0.5, 0.6) is 0 Å². The average molecular weight is 249 g/mol. The van der Waals surface area contributed by atoms with Crippen molar-refractivity contribution in [2.75, 3.05) is 7.05 Å². The molecule has 2 heteroatoms. The number of nitrogens with one attached hydrogen (secondary N) is 1. The summed E-state index contributed by atoms with van der Waals surface area (Å²) >= 11 is 0. The Bertz CT molecular complexity index is 367. The molecule has 0 aromatic heterocycles. The van der Waals surface area contributed by atoms with Crippen molar-refractivity contribution < 1.29 is 4.39 Å². The molecule has 1 aromatic rings. The first kappa shape index (κ1) is 13.5. The molecule has 18 heavy (non-hydrogen) atoms. The van der Waals surface area contributed by atoms with Gasteiger partial charge < -0.3 is 5.32 Å². The summed E-state index contributed by atoms with van der Waals surface area (Å²) in [6.45, 7) is 0.819. The van der Waals surface area contributed by atoms with E-state index in [1.807, 2.05) is 13.1 Å². The number of rotatable bonds is 3. The van der Waals surface area contributed by atoms with Gasteiger partial charge in [-0.15, -0.1) is 0 Å². The molecule has 1 aliphatic carbocycles. The Kier molecular flexibility index (Phi) is 5.18. The Morgan fingerprint density at radius 2 is 1.78 bits per heavy atom. The minimum absolute atomic E-state index is 0.0135. The Labute approximate surface area is 110 Å². The van der Waals surface area contributed by atoms with Crippen LogP contribution in [0.25, 0.3) is 0 Å². The quantitative estimate of drug-likeness (QED) is 0.838. The SMILES string of the molecule is CNCc1ccc(F)c(C2CCCCCCC2)c1. The summed E-state index contributed by atoms with van der Waals surface area (Å²) in [5, 5.41) is 3.13. The van der Waals surface area contributed by atoms with Crippen LogP contribution in [0.15, 0.2) is 18.2 Å². The smallest absolute Gasteiger partial charge is 0.126 e. The maximum Gasteiger partial charge on any atom is 0.126 e. The fraction of sp³-hybridized carbons (Fsp3) is 0.625. The number of benzene rings is 1. The Morgan fingerprint density at radius 1 is 1.11 bits per heavy atom. The molecular formula is C16H24FN. The Balaban J connectivity index is 2.15. The highest BCUT2D eigenvalue weighted by molar-refractivity contribution is 5.28. The van der Waals surface area contributed by atoms with Gasteiger partial charge in [0.15, 0.2) is 0 Å². The highest BCUT2D eigenvalue weighted by atomic mass is 19.1. The lowest BCUT2D eigenvalue weighted by Gasteiger charge is -2.21. The predicted octanol–water partition coefficient (Wildman–Crippen LogP) is 4.37. The summed E-state index contributed by atoms with van der Waals surface area (Å²) in [4.78, 5) is 0. The van der Waals surface area contributed by atoms with E-state index in [0.29, 0.717) is 5.92 Å². The third kappa shape index (κ3) is 3.55. The van der Waals surface area contributed by atoms with E-state index in [4.69, 9.17) is 0 Å². The van der Waals surface area contributed by atoms with Crippen molar-refractivity contribution >= 4 is 0 Å². The molecule has 1 saturated carbocycles. The van der Waals surface area contributed by atoms with Gasteiger partial charge in [-0.2, -0.15) is 0 Å². The topological polar surface area (TPSA) is 12.0 Å². The molecule has 1 nitrogen and oxygen atoms in total. The second kappa shape index (κ2) is 6.89. The number of hydrogen-bond donors (Lipinski definition) is 1. The maximum absolute atomic E-state index is 14.0. The van der Waals surface area contributed by atoms with Crippen molar-refractivity contribution in [3.05, 3.63) is 35.1 Å². The van der Waals surface area contributed by atoms with Gasteiger partial charge in [0.25, 0.3) is 0 Å². The van der Waals surface area contributed by atoms with Crippen LogP contribution in [0, 0.1) is 5.82 Å². The van der Waals surface area contributed by atoms with Gasteiger partial charge >= 0.3 is 0 Å². The molecule has 0 radical (unpaired) electrons. The van der Waals surface area contributed by atoms with Gasteiger partial charge in [-0.1, -0.05) is 44.2 Å². The van der Waals surface area contributed by atoms with Gasteiger partial charge in [0.2, 0.25) is 0 Å². The van der Waals surface area contributed by atoms with E-state index in [1.165, 1.54) is 37.7 Å². The molecule has 1 aromatic carbocycles. The van der Waals surface area contributed by atoms with Crippen molar-refractivity contribution in [3.8, 4) is 0 Å². The van der Waals surface area contributed by atoms with Gasteiger partial charge in [0.1, 0.15) is 5.82 Å². The first-order valence-corrected chi connectivity index (χ1v) is 7.24. The van der Waals surface area contributed by atoms with Crippen LogP contribution in [0.4, 0.5) is 4.39 Å². The summed E-state index contributed by atoms with van der Waals surface area (Å²) in [5.74, 6) is 0.419. The van der Waals surface area contributed by atoms with Crippen molar-refractivity contribution in [1.29, 1.82) is 0 Å². The van der Waals surface area contributed by atoms with Crippen molar-refractivity contribution in [2.24, 2.45) is 0 Å². The standard InChI is InChI=1S/C16H24FN/c1-18-12-13-9-10-16(17)15(11-13)14-7-5-3-2-4-6-8-14/h9-11,14,18H,2-8,12H2,1H3. The third-order valence-electron chi connectivity index (χ3n) is 3.99. The van der Waals surface area contributed by atoms with Crippen molar-refractivity contribution in [1.82, 2.24) is 5.32 Å². The normalized spacial score (nSPS) is 18.3. The molecule has 0 saturated heterocycles. The monoisotopic (exact) mass is 249 g/mol. The highest BCUT2D eigenvalue weighted by Gasteiger charge is 2.17. The Morgan fingerprint density at radius 3 is 2.44 bits per heavy atom. The fourth-order valence-corrected chi connectivity index (χ4v) is 2.99. The summed E-state index contributed by atoms with van der Waals surface area (Å²) in [6.07, 6.45) is 8.79. The van der Waals surface area contributed by atoms with Gasteiger partial charge in [-0.05, 0) is 43.0 Å². The highest BCUT2D eigenvalue weighted by Crippen LogP contribution is 2.32. The summed E-state index contributed by atoms with van der Waals surface area (Å²) in [7, 11) is 1.93. The Hall–Kier alpha value is -0.890. The lowest BCUT2D eigenvalue weighted by atomic mass is 9.85. The predicted molar refractivity (Wildman–Crippen MR) is 74.2 cm³/mol. The van der Waals surface area contributed by atoms with E-state index < -0.39 is 0 Å². The molecule has 0 amide bonds. The van der Waals surface area contributed by atoms with Crippen LogP contribution < -0.4 is 5.32 Å². The number of halogens is 1. The molecule has 0 aliphatic heterocycles. The molecule has 0 unspecified atom stereocenters. The fourth-order valence-electron chi connectivity index (χ4n) is 2.99. The molecule has 1 N–H and O–H groups in total. The van der Waals surface area contributed by atoms with Crippen molar-refractivity contribution in [3.63, 3.8) is 0 Å². The zero-order valence-electron chi connectivity index (χ0n) is 11.3. The van der Waals surface area contributed by atoms with E-state index in [2.05, 4.69) is 11.4 Å². The lowest BCUT2D eigenvalue weighted by Crippen LogP contribution is -2.09. The minimum Gasteiger partial charge on any atom is -0.316 e. The largest absolute Gasteiger partial charge is 0.316 e. The summed E-state index contributed by atoms with van der Waals surface area (Å²) < 4.78 is 14.0. The van der Waals surface area contributed by atoms with Gasteiger partial charge in [-0.25, -0.2) is 4.39 Å². The maximum atomic E-state index is 14.0. The van der Waals surface area contributed by atoms with E-state index in [0.717, 1.165) is 24.9 Å². The van der Waals surface area contributed by atoms with Crippen LogP contribution in [-0.2, 0) is 6.54 Å². The second-order valence-electron chi connectivity index (χ2n) is 5.43. The zero-order valence-corrected chi connectivity index (χ0v) is 11.3. The van der Waals surface area contributed by atoms with Crippen LogP contribution >= 0.6 is 0 Å². The molecule has 2 rings (SSSR count). The molecule has 0 heterocycles. The van der Waals surface area contributed by atoms with Crippen molar-refractivity contribution in [2.45, 2.75) is 57.4 Å². The van der Waals surface area contributed by atoms with E-state index >= 15 is 0 Å². The minimum atomic E-state index is -0.0135. The number of hydrogen-bond acceptors (Lipinski definition) is 1. The molecule has 100 valence electrons. The van der Waals surface area contributed by atoms with E-state index in [-0.39, 0.29) is 5.82 Å². The van der Waals surface area contributed by atoms with Crippen LogP contribution in [0.2, 0.25) is 0 Å². The van der Waals surface area contributed by atoms with Crippen LogP contribution in [0.1, 0.15) is 62.0 Å². The summed E-state index contributed by atoms with van der Waals surface area (Å²) in [5.41, 5.74) is 2.14. The molecule has 0 bridgehead atoms. The molecule has 1 aliphatic rings. The van der Waals surface area contributed by atoms with E-state index in [9.17, 15) is 4.39 Å². The first-order valence-electron chi connectivity index (χ1n) is 7.24. The molecule has 0 atom stereocenters. The zero-order chi connectivity index (χ0) is 12.8. The molecule has 0 spiro atoms. The first-order chi connectivity index (χ1) is 8.81. The van der Waals surface area contributed by atoms with Gasteiger partial charge in [-0.3, -0.25) is 0 Å². The van der Waals surface area contributed by atoms with Gasteiger partial charge in [0, 0.05) is 6.54 Å². The third-order valence-corrected chi connectivity index (χ3v) is 3.99. The molecule has 1 fully saturated rings. The van der Waals surface area contributed by atoms with Crippen LogP contribution in [0.3, 0.4) is 0 Å². The average Bonchev–Trinajstić information content (AvgIpc) is 2.32.